The van der Waals surface area contributed by atoms with Crippen molar-refractivity contribution in [2.24, 2.45) is 0 Å². The van der Waals surface area contributed by atoms with Crippen LogP contribution in [0.3, 0.4) is 0 Å². The first-order valence-corrected chi connectivity index (χ1v) is 7.81. The molecular formula is C19H19NO4. The number of carbonyl (C=O) groups excluding carboxylic acids is 2. The Morgan fingerprint density at radius 1 is 0.917 bits per heavy atom. The van der Waals surface area contributed by atoms with E-state index in [9.17, 15) is 9.59 Å². The van der Waals surface area contributed by atoms with Gasteiger partial charge < -0.3 is 14.8 Å². The summed E-state index contributed by atoms with van der Waals surface area (Å²) in [4.78, 5) is 24.7. The van der Waals surface area contributed by atoms with Crippen molar-refractivity contribution in [2.45, 2.75) is 19.3 Å². The first-order chi connectivity index (χ1) is 11.6. The Hall–Kier alpha value is -2.82. The second-order valence-electron chi connectivity index (χ2n) is 5.72. The van der Waals surface area contributed by atoms with E-state index in [2.05, 4.69) is 5.32 Å². The summed E-state index contributed by atoms with van der Waals surface area (Å²) in [6.45, 7) is 0. The van der Waals surface area contributed by atoms with Crippen LogP contribution in [0.4, 0.5) is 5.69 Å². The molecule has 0 saturated carbocycles. The molecule has 1 N–H and O–H groups in total. The molecule has 2 aromatic rings. The van der Waals surface area contributed by atoms with Gasteiger partial charge in [-0.05, 0) is 36.5 Å². The Bertz CT molecular complexity index is 776. The van der Waals surface area contributed by atoms with Crippen molar-refractivity contribution in [1.29, 1.82) is 0 Å². The highest BCUT2D eigenvalue weighted by Gasteiger charge is 2.20. The molecule has 1 aliphatic rings. The lowest BCUT2D eigenvalue weighted by molar-refractivity contribution is -0.112. The third-order valence-electron chi connectivity index (χ3n) is 4.18. The second-order valence-corrected chi connectivity index (χ2v) is 5.72. The van der Waals surface area contributed by atoms with E-state index < -0.39 is 11.7 Å². The summed E-state index contributed by atoms with van der Waals surface area (Å²) in [6, 6.07) is 10.5. The number of rotatable bonds is 5. The summed E-state index contributed by atoms with van der Waals surface area (Å²) < 4.78 is 10.3. The predicted octanol–water partition coefficient (Wildman–Crippen LogP) is 3.01. The van der Waals surface area contributed by atoms with Crippen molar-refractivity contribution in [3.8, 4) is 11.5 Å². The van der Waals surface area contributed by atoms with Gasteiger partial charge in [0.15, 0.2) is 0 Å². The van der Waals surface area contributed by atoms with Gasteiger partial charge >= 0.3 is 0 Å². The molecule has 0 aliphatic heterocycles. The molecule has 0 radical (unpaired) electrons. The Labute approximate surface area is 140 Å². The Morgan fingerprint density at radius 3 is 2.25 bits per heavy atom. The number of Topliss-reactive ketones (excluding diaryl/α,β-unsaturated/α-hetero) is 1. The second kappa shape index (κ2) is 6.74. The summed E-state index contributed by atoms with van der Waals surface area (Å²) >= 11 is 0. The molecule has 0 atom stereocenters. The number of anilines is 1. The smallest absolute Gasteiger partial charge is 0.296 e. The number of hydrogen-bond donors (Lipinski definition) is 1. The minimum atomic E-state index is -0.678. The number of ketones is 1. The van der Waals surface area contributed by atoms with Gasteiger partial charge in [0.25, 0.3) is 11.7 Å². The molecule has 124 valence electrons. The highest BCUT2D eigenvalue weighted by atomic mass is 16.5. The highest BCUT2D eigenvalue weighted by Crippen LogP contribution is 2.26. The molecular weight excluding hydrogens is 306 g/mol. The van der Waals surface area contributed by atoms with Gasteiger partial charge in [0.2, 0.25) is 0 Å². The summed E-state index contributed by atoms with van der Waals surface area (Å²) in [5.41, 5.74) is 3.30. The topological polar surface area (TPSA) is 64.6 Å². The zero-order valence-corrected chi connectivity index (χ0v) is 13.7. The monoisotopic (exact) mass is 325 g/mol. The maximum absolute atomic E-state index is 12.4. The molecule has 0 spiro atoms. The molecule has 24 heavy (non-hydrogen) atoms. The van der Waals surface area contributed by atoms with Crippen molar-refractivity contribution >= 4 is 17.4 Å². The van der Waals surface area contributed by atoms with E-state index >= 15 is 0 Å². The molecule has 0 fully saturated rings. The van der Waals surface area contributed by atoms with Gasteiger partial charge in [-0.25, -0.2) is 0 Å². The van der Waals surface area contributed by atoms with Crippen LogP contribution in [-0.4, -0.2) is 25.9 Å². The van der Waals surface area contributed by atoms with E-state index in [-0.39, 0.29) is 0 Å². The number of ether oxygens (including phenoxy) is 2. The number of nitrogens with one attached hydrogen (secondary N) is 1. The summed E-state index contributed by atoms with van der Waals surface area (Å²) in [5.74, 6) is -0.154. The fraction of sp³-hybridized carbons (Fsp3) is 0.263. The fourth-order valence-corrected chi connectivity index (χ4v) is 2.91. The molecule has 1 amide bonds. The van der Waals surface area contributed by atoms with Gasteiger partial charge in [-0.3, -0.25) is 9.59 Å². The van der Waals surface area contributed by atoms with Gasteiger partial charge in [0.1, 0.15) is 11.5 Å². The summed E-state index contributed by atoms with van der Waals surface area (Å²) in [6.07, 6.45) is 3.10. The van der Waals surface area contributed by atoms with Crippen LogP contribution in [0.2, 0.25) is 0 Å². The number of hydrogen-bond acceptors (Lipinski definition) is 4. The molecule has 0 aromatic heterocycles. The molecule has 0 heterocycles. The molecule has 0 unspecified atom stereocenters. The first kappa shape index (κ1) is 16.1. The van der Waals surface area contributed by atoms with Crippen LogP contribution < -0.4 is 14.8 Å². The molecule has 5 nitrogen and oxygen atoms in total. The Morgan fingerprint density at radius 2 is 1.58 bits per heavy atom. The third-order valence-corrected chi connectivity index (χ3v) is 4.18. The van der Waals surface area contributed by atoms with E-state index in [0.717, 1.165) is 24.8 Å². The maximum Gasteiger partial charge on any atom is 0.296 e. The maximum atomic E-state index is 12.4. The predicted molar refractivity (Wildman–Crippen MR) is 91.0 cm³/mol. The largest absolute Gasteiger partial charge is 0.497 e. The van der Waals surface area contributed by atoms with Crippen molar-refractivity contribution in [2.75, 3.05) is 19.5 Å². The highest BCUT2D eigenvalue weighted by molar-refractivity contribution is 6.46. The van der Waals surface area contributed by atoms with Crippen molar-refractivity contribution in [1.82, 2.24) is 0 Å². The number of carbonyl (C=O) groups is 2. The zero-order chi connectivity index (χ0) is 17.1. The normalized spacial score (nSPS) is 12.4. The third kappa shape index (κ3) is 3.25. The fourth-order valence-electron chi connectivity index (χ4n) is 2.91. The average Bonchev–Trinajstić information content (AvgIpc) is 3.08. The number of benzene rings is 2. The van der Waals surface area contributed by atoms with Gasteiger partial charge in [-0.2, -0.15) is 0 Å². The number of methoxy groups -OCH3 is 2. The molecule has 0 bridgehead atoms. The SMILES string of the molecule is COc1cc(NC(=O)C(=O)c2ccc3c(c2)CCC3)cc(OC)c1. The van der Waals surface area contributed by atoms with Crippen LogP contribution in [0.25, 0.3) is 0 Å². The van der Waals surface area contributed by atoms with Crippen LogP contribution in [0.1, 0.15) is 27.9 Å². The Balaban J connectivity index is 1.78. The standard InChI is InChI=1S/C19H19NO4/c1-23-16-9-15(10-17(11-16)24-2)20-19(22)18(21)14-7-6-12-4-3-5-13(12)8-14/h6-11H,3-5H2,1-2H3,(H,20,22). The summed E-state index contributed by atoms with van der Waals surface area (Å²) in [5, 5.41) is 2.61. The number of fused-ring (bicyclic) bond motifs is 1. The lowest BCUT2D eigenvalue weighted by Crippen LogP contribution is -2.23. The van der Waals surface area contributed by atoms with Gasteiger partial charge in [0.05, 0.1) is 14.2 Å². The van der Waals surface area contributed by atoms with E-state index in [1.807, 2.05) is 12.1 Å². The van der Waals surface area contributed by atoms with Gasteiger partial charge in [-0.1, -0.05) is 12.1 Å². The number of aryl methyl sites for hydroxylation is 2. The van der Waals surface area contributed by atoms with E-state index in [0.29, 0.717) is 22.7 Å². The van der Waals surface area contributed by atoms with Crippen molar-refractivity contribution in [3.63, 3.8) is 0 Å². The minimum Gasteiger partial charge on any atom is -0.497 e. The average molecular weight is 325 g/mol. The lowest BCUT2D eigenvalue weighted by Gasteiger charge is -2.10. The zero-order valence-electron chi connectivity index (χ0n) is 13.7. The van der Waals surface area contributed by atoms with Crippen molar-refractivity contribution < 1.29 is 19.1 Å². The molecule has 2 aromatic carbocycles. The van der Waals surface area contributed by atoms with Crippen LogP contribution in [-0.2, 0) is 17.6 Å². The van der Waals surface area contributed by atoms with Crippen LogP contribution in [0.15, 0.2) is 36.4 Å². The van der Waals surface area contributed by atoms with Crippen molar-refractivity contribution in [3.05, 3.63) is 53.1 Å². The lowest BCUT2D eigenvalue weighted by atomic mass is 10.0. The molecule has 5 heteroatoms. The molecule has 3 rings (SSSR count). The summed E-state index contributed by atoms with van der Waals surface area (Å²) in [7, 11) is 3.05. The first-order valence-electron chi connectivity index (χ1n) is 7.81. The minimum absolute atomic E-state index is 0.419. The van der Waals surface area contributed by atoms with E-state index in [4.69, 9.17) is 9.47 Å². The number of amides is 1. The van der Waals surface area contributed by atoms with Gasteiger partial charge in [-0.15, -0.1) is 0 Å². The molecule has 0 saturated heterocycles. The van der Waals surface area contributed by atoms with E-state index in [1.165, 1.54) is 19.8 Å². The van der Waals surface area contributed by atoms with E-state index in [1.54, 1.807) is 24.3 Å². The van der Waals surface area contributed by atoms with Gasteiger partial charge in [0, 0.05) is 29.4 Å². The molecule has 1 aliphatic carbocycles. The van der Waals surface area contributed by atoms with Crippen LogP contribution >= 0.6 is 0 Å². The Kier molecular flexibility index (Phi) is 4.51. The quantitative estimate of drug-likeness (QED) is 0.678. The van der Waals surface area contributed by atoms with Crippen LogP contribution in [0.5, 0.6) is 11.5 Å². The van der Waals surface area contributed by atoms with Crippen LogP contribution in [0, 0.1) is 0 Å².